The van der Waals surface area contributed by atoms with Crippen LogP contribution in [-0.4, -0.2) is 24.4 Å². The molecule has 0 saturated heterocycles. The van der Waals surface area contributed by atoms with Gasteiger partial charge in [-0.05, 0) is 36.6 Å². The summed E-state index contributed by atoms with van der Waals surface area (Å²) in [6.45, 7) is 7.11. The van der Waals surface area contributed by atoms with Gasteiger partial charge in [0.25, 0.3) is 5.91 Å². The quantitative estimate of drug-likeness (QED) is 0.826. The van der Waals surface area contributed by atoms with Crippen molar-refractivity contribution in [2.45, 2.75) is 27.2 Å². The van der Waals surface area contributed by atoms with Crippen LogP contribution in [0.4, 0.5) is 0 Å². The van der Waals surface area contributed by atoms with E-state index in [1.54, 1.807) is 4.90 Å². The van der Waals surface area contributed by atoms with Crippen LogP contribution in [0.5, 0.6) is 0 Å². The average Bonchev–Trinajstić information content (AvgIpc) is 2.26. The lowest BCUT2D eigenvalue weighted by Gasteiger charge is -2.21. The summed E-state index contributed by atoms with van der Waals surface area (Å²) < 4.78 is 0.956. The van der Waals surface area contributed by atoms with Gasteiger partial charge < -0.3 is 4.90 Å². The number of hydrogen-bond donors (Lipinski definition) is 0. The normalized spacial score (nSPS) is 12.3. The van der Waals surface area contributed by atoms with Gasteiger partial charge in [-0.1, -0.05) is 36.2 Å². The SMILES string of the molecule is CCC(C)CN(C)C(=O)c1cc(C)cc(Br)c1. The summed E-state index contributed by atoms with van der Waals surface area (Å²) in [4.78, 5) is 14.0. The highest BCUT2D eigenvalue weighted by atomic mass is 79.9. The molecule has 0 spiro atoms. The number of amides is 1. The van der Waals surface area contributed by atoms with Crippen molar-refractivity contribution in [2.75, 3.05) is 13.6 Å². The first-order valence-corrected chi connectivity index (χ1v) is 6.76. The van der Waals surface area contributed by atoms with Crippen molar-refractivity contribution in [1.82, 2.24) is 4.90 Å². The summed E-state index contributed by atoms with van der Waals surface area (Å²) in [7, 11) is 1.87. The third-order valence-electron chi connectivity index (χ3n) is 2.92. The Morgan fingerprint density at radius 1 is 1.41 bits per heavy atom. The van der Waals surface area contributed by atoms with Gasteiger partial charge in [0.05, 0.1) is 0 Å². The zero-order chi connectivity index (χ0) is 13.0. The van der Waals surface area contributed by atoms with Gasteiger partial charge in [-0.15, -0.1) is 0 Å². The minimum absolute atomic E-state index is 0.0923. The molecule has 1 amide bonds. The number of halogens is 1. The molecule has 0 aromatic heterocycles. The zero-order valence-corrected chi connectivity index (χ0v) is 12.5. The lowest BCUT2D eigenvalue weighted by Crippen LogP contribution is -2.30. The van der Waals surface area contributed by atoms with Crippen LogP contribution in [0.3, 0.4) is 0 Å². The van der Waals surface area contributed by atoms with E-state index in [4.69, 9.17) is 0 Å². The summed E-state index contributed by atoms with van der Waals surface area (Å²) in [5.74, 6) is 0.631. The van der Waals surface area contributed by atoms with Crippen molar-refractivity contribution >= 4 is 21.8 Å². The lowest BCUT2D eigenvalue weighted by molar-refractivity contribution is 0.0775. The predicted molar refractivity (Wildman–Crippen MR) is 75.3 cm³/mol. The van der Waals surface area contributed by atoms with Gasteiger partial charge in [0, 0.05) is 23.6 Å². The summed E-state index contributed by atoms with van der Waals surface area (Å²) in [6, 6.07) is 5.81. The lowest BCUT2D eigenvalue weighted by atomic mass is 10.1. The van der Waals surface area contributed by atoms with Crippen molar-refractivity contribution in [2.24, 2.45) is 5.92 Å². The number of rotatable bonds is 4. The van der Waals surface area contributed by atoms with E-state index in [0.29, 0.717) is 5.92 Å². The fourth-order valence-corrected chi connectivity index (χ4v) is 2.37. The number of aryl methyl sites for hydroxylation is 1. The monoisotopic (exact) mass is 297 g/mol. The fraction of sp³-hybridized carbons (Fsp3) is 0.500. The minimum atomic E-state index is 0.0923. The molecule has 0 fully saturated rings. The van der Waals surface area contributed by atoms with Gasteiger partial charge >= 0.3 is 0 Å². The predicted octanol–water partition coefficient (Wildman–Crippen LogP) is 3.88. The van der Waals surface area contributed by atoms with Crippen LogP contribution in [0.1, 0.15) is 36.2 Å². The molecular formula is C14H20BrNO. The first-order chi connectivity index (χ1) is 7.93. The van der Waals surface area contributed by atoms with Crippen molar-refractivity contribution in [1.29, 1.82) is 0 Å². The first-order valence-electron chi connectivity index (χ1n) is 5.96. The van der Waals surface area contributed by atoms with E-state index in [1.807, 2.05) is 32.2 Å². The average molecular weight is 298 g/mol. The third kappa shape index (κ3) is 4.15. The highest BCUT2D eigenvalue weighted by Gasteiger charge is 2.14. The molecule has 0 saturated carbocycles. The summed E-state index contributed by atoms with van der Waals surface area (Å²) in [6.07, 6.45) is 1.09. The highest BCUT2D eigenvalue weighted by Crippen LogP contribution is 2.17. The van der Waals surface area contributed by atoms with E-state index in [1.165, 1.54) is 0 Å². The van der Waals surface area contributed by atoms with E-state index >= 15 is 0 Å². The summed E-state index contributed by atoms with van der Waals surface area (Å²) >= 11 is 3.42. The fourth-order valence-electron chi connectivity index (χ4n) is 1.76. The molecule has 94 valence electrons. The van der Waals surface area contributed by atoms with Crippen LogP contribution < -0.4 is 0 Å². The Labute approximate surface area is 112 Å². The molecule has 0 N–H and O–H groups in total. The van der Waals surface area contributed by atoms with Crippen molar-refractivity contribution < 1.29 is 4.79 Å². The van der Waals surface area contributed by atoms with Gasteiger partial charge in [-0.2, -0.15) is 0 Å². The Kier molecular flexibility index (Phi) is 5.19. The Bertz CT molecular complexity index is 383. The Morgan fingerprint density at radius 3 is 2.59 bits per heavy atom. The van der Waals surface area contributed by atoms with Crippen molar-refractivity contribution in [3.8, 4) is 0 Å². The van der Waals surface area contributed by atoms with E-state index in [0.717, 1.165) is 28.6 Å². The van der Waals surface area contributed by atoms with Gasteiger partial charge in [-0.25, -0.2) is 0 Å². The number of nitrogens with zero attached hydrogens (tertiary/aromatic N) is 1. The molecule has 1 aromatic carbocycles. The van der Waals surface area contributed by atoms with Crippen LogP contribution in [0.2, 0.25) is 0 Å². The van der Waals surface area contributed by atoms with Crippen LogP contribution in [0, 0.1) is 12.8 Å². The van der Waals surface area contributed by atoms with E-state index < -0.39 is 0 Å². The molecule has 0 aliphatic heterocycles. The molecule has 0 heterocycles. The van der Waals surface area contributed by atoms with E-state index in [-0.39, 0.29) is 5.91 Å². The molecule has 0 aliphatic carbocycles. The second-order valence-electron chi connectivity index (χ2n) is 4.72. The number of benzene rings is 1. The molecule has 1 unspecified atom stereocenters. The van der Waals surface area contributed by atoms with Crippen LogP contribution in [0.25, 0.3) is 0 Å². The van der Waals surface area contributed by atoms with Crippen LogP contribution in [-0.2, 0) is 0 Å². The number of carbonyl (C=O) groups is 1. The molecule has 0 bridgehead atoms. The Hall–Kier alpha value is -0.830. The third-order valence-corrected chi connectivity index (χ3v) is 3.38. The molecular weight excluding hydrogens is 278 g/mol. The van der Waals surface area contributed by atoms with E-state index in [2.05, 4.69) is 29.8 Å². The molecule has 3 heteroatoms. The second-order valence-corrected chi connectivity index (χ2v) is 5.63. The standard InChI is InChI=1S/C14H20BrNO/c1-5-10(2)9-16(4)14(17)12-6-11(3)7-13(15)8-12/h6-8,10H,5,9H2,1-4H3. The van der Waals surface area contributed by atoms with Gasteiger partial charge in [-0.3, -0.25) is 4.79 Å². The largest absolute Gasteiger partial charge is 0.341 e. The van der Waals surface area contributed by atoms with Crippen molar-refractivity contribution in [3.63, 3.8) is 0 Å². The van der Waals surface area contributed by atoms with Gasteiger partial charge in [0.2, 0.25) is 0 Å². The molecule has 1 rings (SSSR count). The topological polar surface area (TPSA) is 20.3 Å². The molecule has 2 nitrogen and oxygen atoms in total. The molecule has 1 aromatic rings. The maximum Gasteiger partial charge on any atom is 0.253 e. The second kappa shape index (κ2) is 6.20. The molecule has 1 atom stereocenters. The summed E-state index contributed by atoms with van der Waals surface area (Å²) in [5, 5.41) is 0. The van der Waals surface area contributed by atoms with Gasteiger partial charge in [0.1, 0.15) is 0 Å². The van der Waals surface area contributed by atoms with Crippen molar-refractivity contribution in [3.05, 3.63) is 33.8 Å². The zero-order valence-electron chi connectivity index (χ0n) is 11.0. The van der Waals surface area contributed by atoms with Gasteiger partial charge in [0.15, 0.2) is 0 Å². The van der Waals surface area contributed by atoms with Crippen LogP contribution in [0.15, 0.2) is 22.7 Å². The number of carbonyl (C=O) groups excluding carboxylic acids is 1. The number of hydrogen-bond acceptors (Lipinski definition) is 1. The molecule has 0 radical (unpaired) electrons. The highest BCUT2D eigenvalue weighted by molar-refractivity contribution is 9.10. The van der Waals surface area contributed by atoms with E-state index in [9.17, 15) is 4.79 Å². The maximum atomic E-state index is 12.2. The maximum absolute atomic E-state index is 12.2. The smallest absolute Gasteiger partial charge is 0.253 e. The Balaban J connectivity index is 2.81. The Morgan fingerprint density at radius 2 is 2.06 bits per heavy atom. The van der Waals surface area contributed by atoms with Crippen LogP contribution >= 0.6 is 15.9 Å². The first kappa shape index (κ1) is 14.2. The molecule has 17 heavy (non-hydrogen) atoms. The molecule has 0 aliphatic rings. The summed E-state index contributed by atoms with van der Waals surface area (Å²) in [5.41, 5.74) is 1.85. The minimum Gasteiger partial charge on any atom is -0.341 e.